The summed E-state index contributed by atoms with van der Waals surface area (Å²) in [5.74, 6) is -2.90. The Morgan fingerprint density at radius 1 is 1.13 bits per heavy atom. The third-order valence-corrected chi connectivity index (χ3v) is 10.9. The van der Waals surface area contributed by atoms with E-state index in [2.05, 4.69) is 13.2 Å². The highest BCUT2D eigenvalue weighted by molar-refractivity contribution is 5.98. The summed E-state index contributed by atoms with van der Waals surface area (Å²) < 4.78 is 13.0. The number of benzene rings is 1. The van der Waals surface area contributed by atoms with E-state index in [0.717, 1.165) is 37.7 Å². The van der Waals surface area contributed by atoms with Crippen molar-refractivity contribution in [2.75, 3.05) is 26.7 Å². The molecule has 1 saturated carbocycles. The molecule has 5 rings (SSSR count). The number of allylic oxidation sites excluding steroid dienone is 1. The number of carbonyl (C=O) groups is 4. The molecule has 0 unspecified atom stereocenters. The molecule has 4 fully saturated rings. The van der Waals surface area contributed by atoms with Gasteiger partial charge in [0.2, 0.25) is 17.7 Å². The zero-order valence-corrected chi connectivity index (χ0v) is 27.9. The Kier molecular flexibility index (Phi) is 11.2. The number of hydrogen-bond acceptors (Lipinski definition) is 7. The largest absolute Gasteiger partial charge is 0.455 e. The first-order chi connectivity index (χ1) is 22.7. The molecule has 3 saturated heterocycles. The second kappa shape index (κ2) is 15.2. The molecule has 47 heavy (non-hydrogen) atoms. The molecule has 3 aliphatic heterocycles. The third-order valence-electron chi connectivity index (χ3n) is 10.9. The lowest BCUT2D eigenvalue weighted by Crippen LogP contribution is -2.58. The van der Waals surface area contributed by atoms with Crippen LogP contribution in [-0.4, -0.2) is 100 Å². The number of likely N-dealkylation sites (tertiary alicyclic amines) is 1. The van der Waals surface area contributed by atoms with Gasteiger partial charge in [-0.15, -0.1) is 13.2 Å². The van der Waals surface area contributed by atoms with Crippen molar-refractivity contribution < 1.29 is 33.8 Å². The average Bonchev–Trinajstić information content (AvgIpc) is 3.74. The molecule has 10 nitrogen and oxygen atoms in total. The minimum Gasteiger partial charge on any atom is -0.455 e. The van der Waals surface area contributed by atoms with E-state index in [4.69, 9.17) is 9.47 Å². The van der Waals surface area contributed by atoms with Gasteiger partial charge in [0.25, 0.3) is 0 Å². The Bertz CT molecular complexity index is 1310. The van der Waals surface area contributed by atoms with Crippen LogP contribution in [0.3, 0.4) is 0 Å². The topological polar surface area (TPSA) is 117 Å². The molecular formula is C37H51N3O7. The highest BCUT2D eigenvalue weighted by Crippen LogP contribution is 2.59. The summed E-state index contributed by atoms with van der Waals surface area (Å²) in [6, 6.07) is 7.97. The number of esters is 1. The van der Waals surface area contributed by atoms with Gasteiger partial charge in [-0.2, -0.15) is 0 Å². The van der Waals surface area contributed by atoms with Gasteiger partial charge in [0.15, 0.2) is 0 Å². The number of rotatable bonds is 15. The Morgan fingerprint density at radius 3 is 2.51 bits per heavy atom. The minimum atomic E-state index is -1.16. The lowest BCUT2D eigenvalue weighted by molar-refractivity contribution is -0.164. The summed E-state index contributed by atoms with van der Waals surface area (Å²) in [6.45, 7) is 9.89. The average molecular weight is 650 g/mol. The van der Waals surface area contributed by atoms with Gasteiger partial charge in [-0.1, -0.05) is 61.7 Å². The molecule has 3 heterocycles. The maximum absolute atomic E-state index is 14.6. The van der Waals surface area contributed by atoms with E-state index < -0.39 is 47.7 Å². The van der Waals surface area contributed by atoms with Crippen LogP contribution in [0.1, 0.15) is 82.8 Å². The lowest BCUT2D eigenvalue weighted by Gasteiger charge is -2.40. The van der Waals surface area contributed by atoms with E-state index in [9.17, 15) is 24.3 Å². The molecule has 0 radical (unpaired) electrons. The normalized spacial score (nSPS) is 28.0. The molecule has 1 aromatic rings. The molecule has 1 spiro atoms. The van der Waals surface area contributed by atoms with E-state index >= 15 is 0 Å². The molecule has 1 N–H and O–H groups in total. The van der Waals surface area contributed by atoms with Crippen LogP contribution in [-0.2, 0) is 28.7 Å². The first-order valence-corrected chi connectivity index (χ1v) is 17.3. The Labute approximate surface area is 278 Å². The predicted octanol–water partition coefficient (Wildman–Crippen LogP) is 4.19. The Hall–Kier alpha value is -3.50. The lowest BCUT2D eigenvalue weighted by atomic mass is 9.70. The van der Waals surface area contributed by atoms with E-state index in [1.807, 2.05) is 42.2 Å². The number of likely N-dealkylation sites (N-methyl/N-ethyl adjacent to an activating group) is 1. The molecule has 10 heteroatoms. The first-order valence-electron chi connectivity index (χ1n) is 17.3. The highest BCUT2D eigenvalue weighted by Gasteiger charge is 2.75. The number of nitrogens with zero attached hydrogens (tertiary/aromatic N) is 3. The van der Waals surface area contributed by atoms with Gasteiger partial charge in [0.05, 0.1) is 24.0 Å². The number of aliphatic hydroxyl groups excluding tert-OH is 1. The number of aliphatic hydroxyl groups is 1. The highest BCUT2D eigenvalue weighted by atomic mass is 16.6. The summed E-state index contributed by atoms with van der Waals surface area (Å²) >= 11 is 0. The molecule has 3 amide bonds. The van der Waals surface area contributed by atoms with Crippen molar-refractivity contribution in [3.63, 3.8) is 0 Å². The van der Waals surface area contributed by atoms with Crippen molar-refractivity contribution >= 4 is 23.7 Å². The fraction of sp³-hybridized carbons (Fsp3) is 0.622. The fourth-order valence-electron chi connectivity index (χ4n) is 8.41. The Morgan fingerprint density at radius 2 is 1.85 bits per heavy atom. The predicted molar refractivity (Wildman–Crippen MR) is 177 cm³/mol. The monoisotopic (exact) mass is 649 g/mol. The van der Waals surface area contributed by atoms with E-state index in [0.29, 0.717) is 38.6 Å². The summed E-state index contributed by atoms with van der Waals surface area (Å²) in [4.78, 5) is 61.3. The van der Waals surface area contributed by atoms with Crippen molar-refractivity contribution in [1.82, 2.24) is 14.7 Å². The van der Waals surface area contributed by atoms with Gasteiger partial charge in [0, 0.05) is 39.2 Å². The van der Waals surface area contributed by atoms with Crippen LogP contribution in [0.4, 0.5) is 0 Å². The quantitative estimate of drug-likeness (QED) is 0.224. The summed E-state index contributed by atoms with van der Waals surface area (Å²) in [5.41, 5.74) is -0.421. The van der Waals surface area contributed by atoms with Crippen molar-refractivity contribution in [3.8, 4) is 0 Å². The van der Waals surface area contributed by atoms with E-state index in [-0.39, 0.29) is 36.9 Å². The molecule has 1 aromatic carbocycles. The standard InChI is InChI=1S/C37H51N3O7/c1-5-7-19-29(42)38(4)25(3)32(26-15-10-8-11-16-26)46-36(45)30-28-20-21-37(47-28)31(30)34(43)40(23-14-24-41)33(37)35(44)39(22-6-2)27-17-12-9-13-18-27/h5-6,8,10-11,15-16,25,27-28,30-33,41H,1-2,7,9,12-14,17-24H2,3-4H3/t25-,28-,30+,31+,32+,33-,37+/m0/s1. The van der Waals surface area contributed by atoms with Crippen LogP contribution < -0.4 is 0 Å². The van der Waals surface area contributed by atoms with Crippen LogP contribution in [0, 0.1) is 11.8 Å². The molecule has 2 bridgehead atoms. The number of hydrogen-bond donors (Lipinski definition) is 1. The summed E-state index contributed by atoms with van der Waals surface area (Å²) in [5, 5.41) is 9.71. The maximum Gasteiger partial charge on any atom is 0.313 e. The zero-order chi connectivity index (χ0) is 33.7. The van der Waals surface area contributed by atoms with Crippen LogP contribution in [0.15, 0.2) is 55.6 Å². The first kappa shape index (κ1) is 34.8. The summed E-state index contributed by atoms with van der Waals surface area (Å²) in [7, 11) is 1.70. The van der Waals surface area contributed by atoms with Crippen molar-refractivity contribution in [3.05, 3.63) is 61.2 Å². The number of ether oxygens (including phenoxy) is 2. The second-order valence-corrected chi connectivity index (χ2v) is 13.6. The molecule has 256 valence electrons. The van der Waals surface area contributed by atoms with Crippen LogP contribution >= 0.6 is 0 Å². The van der Waals surface area contributed by atoms with Crippen molar-refractivity contribution in [2.24, 2.45) is 11.8 Å². The van der Waals surface area contributed by atoms with E-state index in [1.165, 1.54) is 0 Å². The van der Waals surface area contributed by atoms with Crippen LogP contribution in [0.2, 0.25) is 0 Å². The Balaban J connectivity index is 1.45. The smallest absolute Gasteiger partial charge is 0.313 e. The zero-order valence-electron chi connectivity index (χ0n) is 27.9. The van der Waals surface area contributed by atoms with Crippen LogP contribution in [0.25, 0.3) is 0 Å². The number of amides is 3. The van der Waals surface area contributed by atoms with Gasteiger partial charge in [0.1, 0.15) is 17.7 Å². The van der Waals surface area contributed by atoms with Crippen molar-refractivity contribution in [2.45, 2.75) is 107 Å². The number of carbonyl (C=O) groups excluding carboxylic acids is 4. The maximum atomic E-state index is 14.6. The minimum absolute atomic E-state index is 0.0538. The van der Waals surface area contributed by atoms with E-state index in [1.54, 1.807) is 29.0 Å². The van der Waals surface area contributed by atoms with Gasteiger partial charge in [-0.25, -0.2) is 0 Å². The van der Waals surface area contributed by atoms with Gasteiger partial charge >= 0.3 is 5.97 Å². The summed E-state index contributed by atoms with van der Waals surface area (Å²) in [6.07, 6.45) is 9.24. The molecular weight excluding hydrogens is 598 g/mol. The van der Waals surface area contributed by atoms with Gasteiger partial charge < -0.3 is 29.3 Å². The third kappa shape index (κ3) is 6.64. The van der Waals surface area contributed by atoms with Gasteiger partial charge in [-0.05, 0) is 51.0 Å². The SMILES string of the molecule is C=CCCC(=O)N(C)[C@@H](C)[C@@H](OC(=O)[C@@H]1[C@@H]2CC[C@]3(O2)[C@H](C(=O)N(CC=C)C2CCCCC2)N(CCCO)C(=O)[C@@H]13)c1ccccc1. The van der Waals surface area contributed by atoms with Crippen molar-refractivity contribution in [1.29, 1.82) is 0 Å². The second-order valence-electron chi connectivity index (χ2n) is 13.6. The van der Waals surface area contributed by atoms with Gasteiger partial charge in [-0.3, -0.25) is 19.2 Å². The molecule has 7 atom stereocenters. The molecule has 1 aliphatic carbocycles. The fourth-order valence-corrected chi connectivity index (χ4v) is 8.41. The molecule has 4 aliphatic rings. The van der Waals surface area contributed by atoms with Crippen LogP contribution in [0.5, 0.6) is 0 Å². The molecule has 0 aromatic heterocycles. The number of fused-ring (bicyclic) bond motifs is 1.